The van der Waals surface area contributed by atoms with Gasteiger partial charge in [0.15, 0.2) is 34.5 Å². The van der Waals surface area contributed by atoms with Crippen LogP contribution in [0.25, 0.3) is 44.6 Å². The minimum Gasteiger partial charge on any atom is -0.716 e. The maximum Gasteiger partial charge on any atom is 1.00 e. The van der Waals surface area contributed by atoms with Crippen molar-refractivity contribution in [1.29, 1.82) is 0 Å². The summed E-state index contributed by atoms with van der Waals surface area (Å²) in [4.78, 5) is 28.1. The molecule has 6 rings (SSSR count). The number of fused-ring (bicyclic) bond motifs is 2. The van der Waals surface area contributed by atoms with Gasteiger partial charge < -0.3 is 88.2 Å². The maximum atomic E-state index is 14.0. The molecule has 0 fully saturated rings. The summed E-state index contributed by atoms with van der Waals surface area (Å²) < 4.78 is 332. The Bertz CT molecular complexity index is 4270. The quantitative estimate of drug-likeness (QED) is 0.0249. The SMILES string of the molecule is O=c1c(OS(=O)(=O)[O-])c(-c2ccc(OS(=O)(=O)[O-])c(OS(=O)(=O)[O-])c2)oc2cc(OS(=O)(=O)[O-])cc(OCCOc3cc(OS(=O)(=O)[O-])cc4oc(-c5ccc(OS(=O)(=O)[O-])c(OS(=O)(=O)[O-])c5)c(OS(=O)(=O)[O-])c(=O)c34)c12.[Na+].[Na+].[Na+].[Na+].[Na+].[Na+].[Na+].[Na+]. The third-order valence-corrected chi connectivity index (χ3v) is 11.4. The van der Waals surface area contributed by atoms with Gasteiger partial charge in [-0.1, -0.05) is 0 Å². The van der Waals surface area contributed by atoms with Crippen LogP contribution in [0, 0.1) is 0 Å². The Hall–Kier alpha value is 0.580. The summed E-state index contributed by atoms with van der Waals surface area (Å²) >= 11 is 0. The van der Waals surface area contributed by atoms with E-state index in [1.54, 1.807) is 0 Å². The van der Waals surface area contributed by atoms with Crippen LogP contribution in [0.2, 0.25) is 0 Å². The molecule has 0 bridgehead atoms. The second-order valence-electron chi connectivity index (χ2n) is 13.7. The molecule has 0 aliphatic rings. The molecule has 6 aromatic rings. The predicted octanol–water partition coefficient (Wildman–Crippen LogP) is -26.6. The zero-order valence-electron chi connectivity index (χ0n) is 44.0. The molecule has 0 saturated carbocycles. The summed E-state index contributed by atoms with van der Waals surface area (Å²) in [6.07, 6.45) is 0. The van der Waals surface area contributed by atoms with Crippen molar-refractivity contribution in [2.24, 2.45) is 0 Å². The fourth-order valence-electron chi connectivity index (χ4n) is 6.09. The minimum atomic E-state index is -6.12. The molecular weight excluding hydrogens is 1430 g/mol. The molecule has 54 heteroatoms. The average molecular weight is 1450 g/mol. The van der Waals surface area contributed by atoms with E-state index < -0.39 is 209 Å². The summed E-state index contributed by atoms with van der Waals surface area (Å²) in [6, 6.07) is 3.63. The van der Waals surface area contributed by atoms with Crippen LogP contribution in [0.5, 0.6) is 57.5 Å². The van der Waals surface area contributed by atoms with Crippen molar-refractivity contribution in [3.8, 4) is 80.1 Å². The summed E-state index contributed by atoms with van der Waals surface area (Å²) in [6.45, 7) is -2.27. The Morgan fingerprint density at radius 2 is 0.570 bits per heavy atom. The standard InChI is InChI=1S/C32H22O38S8.8Na/c33-27-25-21(9-15(63-71(35,36)37)11-23(25)61-29(31(27)69-77(53,54)55)13-1-3-17(65-73(41,42)43)19(7-13)67-75(47,48)49)59-5-6-60-22-10-16(64-72(38,39)40)12-24-26(22)28(34)32(70-78(56,57)58)30(62-24)14-2-4-18(66-74(44,45)46)20(8-14)68-76(50,51)52;;;;;;;;/h1-4,7-12H,5-6H2,(H,35,36,37)(H,38,39,40)(H,41,42,43)(H,44,45,46)(H,47,48,49)(H,50,51,52)(H,53,54,55)(H,56,57,58);;;;;;;;/q;8*+1/p-8. The number of rotatable bonds is 23. The summed E-state index contributed by atoms with van der Waals surface area (Å²) in [5, 5.41) is -2.26. The van der Waals surface area contributed by atoms with Gasteiger partial charge in [-0.25, -0.2) is 67.3 Å². The van der Waals surface area contributed by atoms with Crippen LogP contribution in [-0.4, -0.2) is 117 Å². The molecule has 0 spiro atoms. The van der Waals surface area contributed by atoms with Crippen molar-refractivity contribution < 1.29 is 392 Å². The average Bonchev–Trinajstić information content (AvgIpc) is 3.21. The Kier molecular flexibility index (Phi) is 36.8. The fraction of sp³-hybridized carbons (Fsp3) is 0.0625. The molecule has 0 amide bonds. The molecule has 0 aliphatic carbocycles. The van der Waals surface area contributed by atoms with E-state index >= 15 is 0 Å². The number of benzene rings is 4. The molecule has 0 aliphatic heterocycles. The third kappa shape index (κ3) is 27.9. The topological polar surface area (TPSA) is 610 Å². The van der Waals surface area contributed by atoms with E-state index in [-0.39, 0.29) is 249 Å². The smallest absolute Gasteiger partial charge is 0.716 e. The maximum absolute atomic E-state index is 14.0. The van der Waals surface area contributed by atoms with Gasteiger partial charge in [-0.3, -0.25) is 9.59 Å². The summed E-state index contributed by atoms with van der Waals surface area (Å²) in [7, 11) is -47.3. The molecule has 4 aromatic carbocycles. The predicted molar refractivity (Wildman–Crippen MR) is 229 cm³/mol. The van der Waals surface area contributed by atoms with E-state index in [1.807, 2.05) is 0 Å². The van der Waals surface area contributed by atoms with Gasteiger partial charge >= 0.3 is 236 Å². The molecule has 86 heavy (non-hydrogen) atoms. The summed E-state index contributed by atoms with van der Waals surface area (Å²) in [5.41, 5.74) is -7.74. The van der Waals surface area contributed by atoms with E-state index in [9.17, 15) is 113 Å². The van der Waals surface area contributed by atoms with Crippen LogP contribution in [0.3, 0.4) is 0 Å². The van der Waals surface area contributed by atoms with Gasteiger partial charge in [0.05, 0.1) is 0 Å². The van der Waals surface area contributed by atoms with Gasteiger partial charge in [-0.15, -0.1) is 0 Å². The number of hydrogen-bond donors (Lipinski definition) is 0. The molecule has 0 N–H and O–H groups in total. The third-order valence-electron chi connectivity index (χ3n) is 8.33. The van der Waals surface area contributed by atoms with Gasteiger partial charge in [0, 0.05) is 35.4 Å². The van der Waals surface area contributed by atoms with Gasteiger partial charge in [0.1, 0.15) is 58.2 Å². The van der Waals surface area contributed by atoms with E-state index in [0.717, 1.165) is 0 Å². The molecule has 2 heterocycles. The monoisotopic (exact) mass is 1450 g/mol. The van der Waals surface area contributed by atoms with Crippen LogP contribution in [0.1, 0.15) is 0 Å². The Morgan fingerprint density at radius 3 is 0.826 bits per heavy atom. The van der Waals surface area contributed by atoms with Gasteiger partial charge in [0.25, 0.3) is 83.2 Å². The van der Waals surface area contributed by atoms with Crippen molar-refractivity contribution in [2.75, 3.05) is 13.2 Å². The molecule has 426 valence electrons. The minimum absolute atomic E-state index is 0. The van der Waals surface area contributed by atoms with E-state index in [2.05, 4.69) is 33.5 Å². The molecule has 0 radical (unpaired) electrons. The van der Waals surface area contributed by atoms with E-state index in [0.29, 0.717) is 48.5 Å². The largest absolute Gasteiger partial charge is 1.00 e. The van der Waals surface area contributed by atoms with Gasteiger partial charge in [-0.2, -0.15) is 0 Å². The number of ether oxygens (including phenoxy) is 2. The molecule has 0 unspecified atom stereocenters. The normalized spacial score (nSPS) is 11.7. The fourth-order valence-corrected chi connectivity index (χ4v) is 8.88. The first kappa shape index (κ1) is 90.8. The van der Waals surface area contributed by atoms with Crippen molar-refractivity contribution >= 4 is 105 Å². The Morgan fingerprint density at radius 1 is 0.314 bits per heavy atom. The van der Waals surface area contributed by atoms with Crippen molar-refractivity contribution in [2.45, 2.75) is 0 Å². The Balaban J connectivity index is -0.00000861. The first-order valence-corrected chi connectivity index (χ1v) is 29.1. The van der Waals surface area contributed by atoms with Crippen LogP contribution in [0.4, 0.5) is 0 Å². The van der Waals surface area contributed by atoms with Crippen molar-refractivity contribution in [3.63, 3.8) is 0 Å². The molecule has 0 atom stereocenters. The zero-order chi connectivity index (χ0) is 58.5. The summed E-state index contributed by atoms with van der Waals surface area (Å²) in [5.74, 6) is -16.4. The first-order valence-electron chi connectivity index (χ1n) is 18.5. The van der Waals surface area contributed by atoms with Crippen molar-refractivity contribution in [3.05, 3.63) is 81.1 Å². The van der Waals surface area contributed by atoms with E-state index in [1.165, 1.54) is 0 Å². The van der Waals surface area contributed by atoms with Crippen LogP contribution < -0.4 is 290 Å². The van der Waals surface area contributed by atoms with E-state index in [4.69, 9.17) is 18.3 Å². The Labute approximate surface area is 660 Å². The second kappa shape index (κ2) is 34.8. The van der Waals surface area contributed by atoms with Crippen LogP contribution in [0.15, 0.2) is 79.1 Å². The number of hydrogen-bond acceptors (Lipinski definition) is 38. The van der Waals surface area contributed by atoms with Gasteiger partial charge in [0.2, 0.25) is 22.4 Å². The molecule has 2 aromatic heterocycles. The van der Waals surface area contributed by atoms with Crippen LogP contribution in [-0.2, 0) is 83.2 Å². The zero-order valence-corrected chi connectivity index (χ0v) is 66.5. The second-order valence-corrected chi connectivity index (χ2v) is 21.6. The first-order chi connectivity index (χ1) is 35.4. The molecular formula is C32H14Na8O38S8. The van der Waals surface area contributed by atoms with Crippen LogP contribution >= 0.6 is 0 Å². The van der Waals surface area contributed by atoms with Crippen molar-refractivity contribution in [1.82, 2.24) is 0 Å². The molecule has 38 nitrogen and oxygen atoms in total. The van der Waals surface area contributed by atoms with Gasteiger partial charge in [-0.05, 0) is 36.4 Å². The molecule has 0 saturated heterocycles.